The van der Waals surface area contributed by atoms with Gasteiger partial charge in [0, 0.05) is 32.5 Å². The molecule has 9 heteroatoms. The van der Waals surface area contributed by atoms with E-state index in [4.69, 9.17) is 14.2 Å². The van der Waals surface area contributed by atoms with Crippen LogP contribution in [0.1, 0.15) is 122 Å². The number of phenols is 1. The van der Waals surface area contributed by atoms with Gasteiger partial charge in [-0.05, 0) is 63.8 Å². The van der Waals surface area contributed by atoms with E-state index in [-0.39, 0.29) is 16.9 Å². The number of hydrogen-bond acceptors (Lipinski definition) is 8. The van der Waals surface area contributed by atoms with Gasteiger partial charge in [0.25, 0.3) is 5.91 Å². The lowest BCUT2D eigenvalue weighted by atomic mass is 9.86. The number of methoxy groups -OCH3 is 1. The smallest absolute Gasteiger partial charge is 0.303 e. The molecule has 0 aromatic heterocycles. The molecule has 42 heavy (non-hydrogen) atoms. The third kappa shape index (κ3) is 11.5. The van der Waals surface area contributed by atoms with Crippen molar-refractivity contribution in [3.05, 3.63) is 34.9 Å². The van der Waals surface area contributed by atoms with Crippen molar-refractivity contribution in [1.29, 1.82) is 0 Å². The molecule has 3 atom stereocenters. The predicted molar refractivity (Wildman–Crippen MR) is 170 cm³/mol. The van der Waals surface area contributed by atoms with Crippen molar-refractivity contribution in [2.45, 2.75) is 123 Å². The number of esters is 2. The Labute approximate surface area is 257 Å². The molecule has 0 aliphatic heterocycles. The first-order chi connectivity index (χ1) is 19.7. The molecule has 238 valence electrons. The van der Waals surface area contributed by atoms with E-state index in [0.29, 0.717) is 42.8 Å². The van der Waals surface area contributed by atoms with Crippen LogP contribution in [0.25, 0.3) is 0 Å². The number of allylic oxidation sites excluding steroid dienone is 2. The van der Waals surface area contributed by atoms with E-state index < -0.39 is 28.9 Å². The molecule has 1 N–H and O–H groups in total. The van der Waals surface area contributed by atoms with Gasteiger partial charge in [-0.1, -0.05) is 52.2 Å². The number of thioether (sulfide) groups is 1. The Hall–Kier alpha value is -2.68. The lowest BCUT2D eigenvalue weighted by Gasteiger charge is -2.41. The SMILES string of the molecule is CCCCN(CCCC)C(=O)c1cc(O)c([C@@H](SC(C)C)[C@@H](OC(C)=O)[C@](C)(CCC=C(C)C)OC(C)=O)c(OC)c1. The molecule has 0 spiro atoms. The van der Waals surface area contributed by atoms with Crippen LogP contribution in [-0.2, 0) is 19.1 Å². The summed E-state index contributed by atoms with van der Waals surface area (Å²) in [7, 11) is 1.48. The number of hydrogen-bond donors (Lipinski definition) is 1. The van der Waals surface area contributed by atoms with Crippen LogP contribution in [0.3, 0.4) is 0 Å². The zero-order valence-corrected chi connectivity index (χ0v) is 28.2. The highest BCUT2D eigenvalue weighted by Crippen LogP contribution is 2.49. The van der Waals surface area contributed by atoms with E-state index in [1.807, 2.05) is 38.7 Å². The second-order valence-corrected chi connectivity index (χ2v) is 13.2. The summed E-state index contributed by atoms with van der Waals surface area (Å²) >= 11 is 1.46. The van der Waals surface area contributed by atoms with Gasteiger partial charge in [-0.15, -0.1) is 11.8 Å². The van der Waals surface area contributed by atoms with Gasteiger partial charge in [-0.3, -0.25) is 14.4 Å². The molecule has 1 aromatic carbocycles. The number of carbonyl (C=O) groups excluding carboxylic acids is 3. The molecule has 0 aliphatic rings. The summed E-state index contributed by atoms with van der Waals surface area (Å²) in [6.07, 6.45) is 5.74. The minimum absolute atomic E-state index is 0.0383. The van der Waals surface area contributed by atoms with E-state index >= 15 is 0 Å². The fourth-order valence-corrected chi connectivity index (χ4v) is 6.33. The molecule has 1 rings (SSSR count). The van der Waals surface area contributed by atoms with E-state index in [1.54, 1.807) is 13.0 Å². The topological polar surface area (TPSA) is 102 Å². The van der Waals surface area contributed by atoms with E-state index in [1.165, 1.54) is 38.8 Å². The van der Waals surface area contributed by atoms with Crippen molar-refractivity contribution in [2.75, 3.05) is 20.2 Å². The maximum atomic E-state index is 13.6. The molecule has 0 bridgehead atoms. The lowest BCUT2D eigenvalue weighted by Crippen LogP contribution is -2.48. The van der Waals surface area contributed by atoms with Crippen LogP contribution in [0.15, 0.2) is 23.8 Å². The fraction of sp³-hybridized carbons (Fsp3) is 0.667. The number of ether oxygens (including phenoxy) is 3. The molecule has 1 amide bonds. The van der Waals surface area contributed by atoms with Gasteiger partial charge in [0.1, 0.15) is 17.1 Å². The molecule has 1 aromatic rings. The summed E-state index contributed by atoms with van der Waals surface area (Å²) in [5, 5.41) is 10.9. The fourth-order valence-electron chi connectivity index (χ4n) is 4.88. The quantitative estimate of drug-likeness (QED) is 0.134. The molecule has 0 heterocycles. The first-order valence-corrected chi connectivity index (χ1v) is 16.0. The van der Waals surface area contributed by atoms with Crippen LogP contribution in [0, 0.1) is 0 Å². The van der Waals surface area contributed by atoms with Crippen LogP contribution < -0.4 is 4.74 Å². The second-order valence-electron chi connectivity index (χ2n) is 11.5. The maximum Gasteiger partial charge on any atom is 0.303 e. The molecule has 0 aliphatic carbocycles. The summed E-state index contributed by atoms with van der Waals surface area (Å²) in [4.78, 5) is 40.3. The van der Waals surface area contributed by atoms with Gasteiger partial charge in [0.05, 0.1) is 17.9 Å². The Bertz CT molecular complexity index is 1060. The number of phenolic OH excluding ortho intramolecular Hbond substituents is 1. The molecule has 0 unspecified atom stereocenters. The summed E-state index contributed by atoms with van der Waals surface area (Å²) in [5.74, 6) is -1.06. The minimum Gasteiger partial charge on any atom is -0.507 e. The molecular weight excluding hydrogens is 554 g/mol. The molecule has 0 fully saturated rings. The van der Waals surface area contributed by atoms with Crippen LogP contribution in [0.2, 0.25) is 0 Å². The van der Waals surface area contributed by atoms with Crippen molar-refractivity contribution in [1.82, 2.24) is 4.90 Å². The number of carbonyl (C=O) groups is 3. The van der Waals surface area contributed by atoms with E-state index in [9.17, 15) is 19.5 Å². The predicted octanol–water partition coefficient (Wildman–Crippen LogP) is 7.63. The zero-order chi connectivity index (χ0) is 32.0. The highest BCUT2D eigenvalue weighted by atomic mass is 32.2. The molecule has 0 radical (unpaired) electrons. The Morgan fingerprint density at radius 1 is 1.02 bits per heavy atom. The molecule has 8 nitrogen and oxygen atoms in total. The third-order valence-electron chi connectivity index (χ3n) is 6.88. The van der Waals surface area contributed by atoms with Crippen molar-refractivity contribution in [2.24, 2.45) is 0 Å². The number of benzene rings is 1. The number of unbranched alkanes of at least 4 members (excludes halogenated alkanes) is 2. The van der Waals surface area contributed by atoms with E-state index in [2.05, 4.69) is 13.8 Å². The Morgan fingerprint density at radius 3 is 2.07 bits per heavy atom. The van der Waals surface area contributed by atoms with Crippen LogP contribution >= 0.6 is 11.8 Å². The first kappa shape index (κ1) is 37.3. The van der Waals surface area contributed by atoms with Gasteiger partial charge in [0.15, 0.2) is 6.10 Å². The largest absolute Gasteiger partial charge is 0.507 e. The minimum atomic E-state index is -1.22. The second kappa shape index (κ2) is 18.1. The summed E-state index contributed by atoms with van der Waals surface area (Å²) in [6.45, 7) is 17.8. The van der Waals surface area contributed by atoms with Crippen molar-refractivity contribution in [3.8, 4) is 11.5 Å². The highest BCUT2D eigenvalue weighted by molar-refractivity contribution is 8.00. The van der Waals surface area contributed by atoms with Gasteiger partial charge in [0.2, 0.25) is 0 Å². The number of rotatable bonds is 18. The Balaban J connectivity index is 3.82. The lowest BCUT2D eigenvalue weighted by molar-refractivity contribution is -0.182. The Kier molecular flexibility index (Phi) is 16.1. The molecule has 0 saturated heterocycles. The van der Waals surface area contributed by atoms with Crippen LogP contribution in [-0.4, -0.2) is 65.0 Å². The van der Waals surface area contributed by atoms with Crippen molar-refractivity contribution >= 4 is 29.6 Å². The summed E-state index contributed by atoms with van der Waals surface area (Å²) < 4.78 is 17.6. The molecule has 0 saturated carbocycles. The number of nitrogens with zero attached hydrogens (tertiary/aromatic N) is 1. The van der Waals surface area contributed by atoms with Crippen LogP contribution in [0.5, 0.6) is 11.5 Å². The normalized spacial score (nSPS) is 14.0. The average molecular weight is 608 g/mol. The number of aromatic hydroxyl groups is 1. The van der Waals surface area contributed by atoms with Gasteiger partial charge >= 0.3 is 11.9 Å². The zero-order valence-electron chi connectivity index (χ0n) is 27.4. The molecular formula is C33H53NO7S. The van der Waals surface area contributed by atoms with Crippen LogP contribution in [0.4, 0.5) is 0 Å². The van der Waals surface area contributed by atoms with Crippen molar-refractivity contribution < 1.29 is 33.7 Å². The third-order valence-corrected chi connectivity index (χ3v) is 8.20. The maximum absolute atomic E-state index is 13.6. The first-order valence-electron chi connectivity index (χ1n) is 15.1. The highest BCUT2D eigenvalue weighted by Gasteiger charge is 2.47. The average Bonchev–Trinajstić information content (AvgIpc) is 2.89. The van der Waals surface area contributed by atoms with E-state index in [0.717, 1.165) is 31.3 Å². The van der Waals surface area contributed by atoms with Gasteiger partial charge in [-0.2, -0.15) is 0 Å². The van der Waals surface area contributed by atoms with Crippen molar-refractivity contribution in [3.63, 3.8) is 0 Å². The monoisotopic (exact) mass is 607 g/mol. The summed E-state index contributed by atoms with van der Waals surface area (Å²) in [6, 6.07) is 3.11. The standard InChI is InChI=1S/C33H53NO7S/c1-11-13-18-34(19-14-12-2)32(38)26-20-27(37)29(28(21-26)39-10)30(42-23(5)6)31(40-24(7)35)33(9,41-25(8)36)17-15-16-22(3)4/h16,20-21,23,30-31,37H,11-15,17-19H2,1-10H3/t30-,31-,33+/m1/s1. The number of amides is 1. The van der Waals surface area contributed by atoms with Gasteiger partial charge < -0.3 is 24.2 Å². The van der Waals surface area contributed by atoms with Gasteiger partial charge in [-0.25, -0.2) is 0 Å². The Morgan fingerprint density at radius 2 is 1.62 bits per heavy atom. The summed E-state index contributed by atoms with van der Waals surface area (Å²) in [5.41, 5.74) is 0.597.